The van der Waals surface area contributed by atoms with E-state index in [9.17, 15) is 45.3 Å². The first-order valence-corrected chi connectivity index (χ1v) is 24.9. The highest BCUT2D eigenvalue weighted by Crippen LogP contribution is 2.26. The van der Waals surface area contributed by atoms with E-state index in [1.54, 1.807) is 12.2 Å². The molecule has 64 heavy (non-hydrogen) atoms. The largest absolute Gasteiger partial charge is 0.461 e. The second-order valence-electron chi connectivity index (χ2n) is 17.7. The van der Waals surface area contributed by atoms with Gasteiger partial charge in [0, 0.05) is 0 Å². The van der Waals surface area contributed by atoms with Crippen molar-refractivity contribution in [3.05, 3.63) is 24.3 Å². The molecular weight excluding hydrogens is 829 g/mol. The number of hydrogen-bond acceptors (Lipinski definition) is 15. The fraction of sp³-hybridized carbons (Fsp3) is 0.878. The van der Waals surface area contributed by atoms with Gasteiger partial charge in [0.15, 0.2) is 18.7 Å². The first-order chi connectivity index (χ1) is 31.0. The predicted molar refractivity (Wildman–Crippen MR) is 243 cm³/mol. The summed E-state index contributed by atoms with van der Waals surface area (Å²) in [4.78, 5) is 25.6. The van der Waals surface area contributed by atoms with Crippen molar-refractivity contribution in [3.63, 3.8) is 0 Å². The summed E-state index contributed by atoms with van der Waals surface area (Å²) in [6.45, 7) is 2.48. The van der Waals surface area contributed by atoms with Gasteiger partial charge in [-0.25, -0.2) is 0 Å². The number of hydrogen-bond donors (Lipinski definition) is 7. The van der Waals surface area contributed by atoms with E-state index in [1.165, 1.54) is 116 Å². The predicted octanol–water partition coefficient (Wildman–Crippen LogP) is 6.38. The highest BCUT2D eigenvalue weighted by Gasteiger charge is 2.47. The molecule has 4 unspecified atom stereocenters. The quantitative estimate of drug-likeness (QED) is 0.0203. The van der Waals surface area contributed by atoms with Gasteiger partial charge >= 0.3 is 11.9 Å². The molecule has 2 heterocycles. The Morgan fingerprint density at radius 3 is 1.36 bits per heavy atom. The average Bonchev–Trinajstić information content (AvgIpc) is 3.29. The van der Waals surface area contributed by atoms with Gasteiger partial charge in [0.25, 0.3) is 0 Å². The van der Waals surface area contributed by atoms with Crippen LogP contribution in [-0.2, 0) is 38.0 Å². The van der Waals surface area contributed by atoms with Crippen LogP contribution in [0.2, 0.25) is 0 Å². The Bertz CT molecular complexity index is 1220. The third-order valence-corrected chi connectivity index (χ3v) is 12.0. The number of carbonyl (C=O) groups excluding carboxylic acids is 2. The number of rotatable bonds is 38. The van der Waals surface area contributed by atoms with E-state index in [-0.39, 0.29) is 19.4 Å². The van der Waals surface area contributed by atoms with Gasteiger partial charge in [-0.05, 0) is 25.7 Å². The van der Waals surface area contributed by atoms with Gasteiger partial charge in [-0.3, -0.25) is 9.59 Å². The maximum absolute atomic E-state index is 12.9. The van der Waals surface area contributed by atoms with E-state index >= 15 is 0 Å². The molecule has 0 aliphatic carbocycles. The van der Waals surface area contributed by atoms with E-state index in [2.05, 4.69) is 13.8 Å². The Hall–Kier alpha value is -2.02. The molecule has 7 N–H and O–H groups in total. The molecule has 0 aromatic heterocycles. The molecular formula is C49H88O15. The maximum atomic E-state index is 12.9. The minimum absolute atomic E-state index is 0.0188. The lowest BCUT2D eigenvalue weighted by molar-refractivity contribution is -0.332. The van der Waals surface area contributed by atoms with Crippen LogP contribution in [0.5, 0.6) is 0 Å². The van der Waals surface area contributed by atoms with Crippen LogP contribution in [0.4, 0.5) is 0 Å². The lowest BCUT2D eigenvalue weighted by Gasteiger charge is -2.42. The summed E-state index contributed by atoms with van der Waals surface area (Å²) in [5.74, 6) is -1.11. The second kappa shape index (κ2) is 37.0. The van der Waals surface area contributed by atoms with Crippen molar-refractivity contribution >= 4 is 11.9 Å². The van der Waals surface area contributed by atoms with Gasteiger partial charge in [-0.2, -0.15) is 0 Å². The molecule has 15 nitrogen and oxygen atoms in total. The van der Waals surface area contributed by atoms with Gasteiger partial charge in [0.2, 0.25) is 0 Å². The molecule has 2 aliphatic heterocycles. The van der Waals surface area contributed by atoms with Crippen molar-refractivity contribution in [2.45, 2.75) is 248 Å². The molecule has 2 aliphatic rings. The van der Waals surface area contributed by atoms with Crippen LogP contribution < -0.4 is 0 Å². The summed E-state index contributed by atoms with van der Waals surface area (Å²) in [6, 6.07) is 0. The van der Waals surface area contributed by atoms with E-state index < -0.39 is 99.3 Å². The first-order valence-electron chi connectivity index (χ1n) is 24.9. The van der Waals surface area contributed by atoms with Crippen LogP contribution in [0.15, 0.2) is 24.3 Å². The topological polar surface area (TPSA) is 231 Å². The Balaban J connectivity index is 1.86. The number of allylic oxidation sites excluding steroid dienone is 2. The third-order valence-electron chi connectivity index (χ3n) is 12.0. The lowest BCUT2D eigenvalue weighted by Crippen LogP contribution is -2.61. The van der Waals surface area contributed by atoms with Gasteiger partial charge in [-0.15, -0.1) is 0 Å². The van der Waals surface area contributed by atoms with Crippen LogP contribution in [0, 0.1) is 0 Å². The van der Waals surface area contributed by atoms with Crippen molar-refractivity contribution in [1.29, 1.82) is 0 Å². The number of ether oxygens (including phenoxy) is 6. The normalized spacial score (nSPS) is 26.8. The first kappa shape index (κ1) is 58.1. The van der Waals surface area contributed by atoms with E-state index in [1.807, 2.05) is 12.2 Å². The molecule has 2 rings (SSSR count). The van der Waals surface area contributed by atoms with Crippen molar-refractivity contribution < 1.29 is 73.8 Å². The average molecular weight is 917 g/mol. The molecule has 2 saturated heterocycles. The van der Waals surface area contributed by atoms with Crippen LogP contribution in [-0.4, -0.2) is 142 Å². The van der Waals surface area contributed by atoms with Gasteiger partial charge in [0.05, 0.1) is 32.7 Å². The Morgan fingerprint density at radius 1 is 0.484 bits per heavy atom. The maximum Gasteiger partial charge on any atom is 0.310 e. The van der Waals surface area contributed by atoms with Gasteiger partial charge in [-0.1, -0.05) is 167 Å². The number of unbranched alkanes of at least 4 members (excludes halogenated alkanes) is 22. The molecule has 11 atom stereocenters. The van der Waals surface area contributed by atoms with Crippen molar-refractivity contribution in [2.24, 2.45) is 0 Å². The van der Waals surface area contributed by atoms with Crippen molar-refractivity contribution in [2.75, 3.05) is 26.4 Å². The molecule has 374 valence electrons. The SMILES string of the molecule is CCCCCCCCCCCCCC=CCC(=O)OC[C@H](CO[C@@H]1O[C@H](CO[C@H]2O[C@H](CO)[C@H](O)C(O)C2O)[C@H](O)C(O)C1O)OC(=O)CC=CCCCCCCCCCCCCC. The van der Waals surface area contributed by atoms with Crippen LogP contribution in [0.25, 0.3) is 0 Å². The smallest absolute Gasteiger partial charge is 0.310 e. The van der Waals surface area contributed by atoms with Gasteiger partial charge in [0.1, 0.15) is 55.4 Å². The Labute approximate surface area is 383 Å². The lowest BCUT2D eigenvalue weighted by atomic mass is 9.98. The van der Waals surface area contributed by atoms with E-state index in [0.717, 1.165) is 38.5 Å². The summed E-state index contributed by atoms with van der Waals surface area (Å²) in [7, 11) is 0. The zero-order chi connectivity index (χ0) is 46.8. The van der Waals surface area contributed by atoms with E-state index in [0.29, 0.717) is 0 Å². The zero-order valence-electron chi connectivity index (χ0n) is 39.3. The highest BCUT2D eigenvalue weighted by molar-refractivity contribution is 5.72. The van der Waals surface area contributed by atoms with Crippen LogP contribution in [0.1, 0.15) is 181 Å². The van der Waals surface area contributed by atoms with Crippen LogP contribution in [0.3, 0.4) is 0 Å². The zero-order valence-corrected chi connectivity index (χ0v) is 39.3. The molecule has 0 aromatic carbocycles. The van der Waals surface area contributed by atoms with Crippen molar-refractivity contribution in [3.8, 4) is 0 Å². The number of carbonyl (C=O) groups is 2. The monoisotopic (exact) mass is 917 g/mol. The van der Waals surface area contributed by atoms with E-state index in [4.69, 9.17) is 28.4 Å². The summed E-state index contributed by atoms with van der Waals surface area (Å²) in [6.07, 6.45) is 19.7. The third kappa shape index (κ3) is 25.2. The molecule has 0 aromatic rings. The molecule has 0 radical (unpaired) electrons. The summed E-state index contributed by atoms with van der Waals surface area (Å²) in [5.41, 5.74) is 0. The number of aliphatic hydroxyl groups is 7. The number of esters is 2. The Morgan fingerprint density at radius 2 is 0.891 bits per heavy atom. The van der Waals surface area contributed by atoms with Crippen LogP contribution >= 0.6 is 0 Å². The van der Waals surface area contributed by atoms with Gasteiger partial charge < -0.3 is 64.2 Å². The fourth-order valence-corrected chi connectivity index (χ4v) is 7.83. The molecule has 15 heteroatoms. The summed E-state index contributed by atoms with van der Waals surface area (Å²) < 4.78 is 33.4. The van der Waals surface area contributed by atoms with Crippen molar-refractivity contribution in [1.82, 2.24) is 0 Å². The Kier molecular flexibility index (Phi) is 33.6. The summed E-state index contributed by atoms with van der Waals surface area (Å²) in [5, 5.41) is 71.9. The minimum atomic E-state index is -1.77. The fourth-order valence-electron chi connectivity index (χ4n) is 7.83. The standard InChI is InChI=1S/C49H88O15/c1-3-5-7-9-11-13-15-17-19-21-23-25-27-29-31-40(51)59-34-37(62-41(52)32-30-28-26-24-22-20-18-16-14-12-10-8-6-4-2)35-60-48-47(58)45(56)43(54)39(64-48)36-61-49-46(57)44(55)42(53)38(33-50)63-49/h27-30,37-39,42-50,53-58H,3-26,31-36H2,1-2H3/t37-,38-,39-,42+,43+,44?,45?,46?,47?,48-,49+/m1/s1. The second-order valence-corrected chi connectivity index (χ2v) is 17.7. The molecule has 2 fully saturated rings. The molecule has 0 amide bonds. The molecule has 0 spiro atoms. The summed E-state index contributed by atoms with van der Waals surface area (Å²) >= 11 is 0. The minimum Gasteiger partial charge on any atom is -0.461 e. The molecule has 0 saturated carbocycles. The molecule has 0 bridgehead atoms. The number of aliphatic hydroxyl groups excluding tert-OH is 7. The highest BCUT2D eigenvalue weighted by atomic mass is 16.7.